The van der Waals surface area contributed by atoms with Crippen LogP contribution in [-0.2, 0) is 25.7 Å². The lowest BCUT2D eigenvalue weighted by molar-refractivity contribution is -0.148. The minimum Gasteiger partial charge on any atom is -0.459 e. The lowest BCUT2D eigenvalue weighted by Crippen LogP contribution is -2.52. The van der Waals surface area contributed by atoms with Gasteiger partial charge in [0.1, 0.15) is 18.7 Å². The van der Waals surface area contributed by atoms with E-state index in [9.17, 15) is 14.4 Å². The summed E-state index contributed by atoms with van der Waals surface area (Å²) in [4.78, 5) is 36.1. The lowest BCUT2D eigenvalue weighted by Gasteiger charge is -2.19. The van der Waals surface area contributed by atoms with Crippen LogP contribution in [0.1, 0.15) is 32.3 Å². The Hall–Kier alpha value is -2.41. The van der Waals surface area contributed by atoms with Gasteiger partial charge in [-0.15, -0.1) is 0 Å². The zero-order chi connectivity index (χ0) is 18.2. The van der Waals surface area contributed by atoms with Crippen LogP contribution in [0.15, 0.2) is 30.3 Å². The number of nitrogens with one attached hydrogen (secondary N) is 3. The molecule has 0 unspecified atom stereocenters. The highest BCUT2D eigenvalue weighted by atomic mass is 16.5. The Labute approximate surface area is 147 Å². The fourth-order valence-electron chi connectivity index (χ4n) is 2.54. The Bertz CT molecular complexity index is 600. The van der Waals surface area contributed by atoms with Gasteiger partial charge in [-0.1, -0.05) is 30.3 Å². The summed E-state index contributed by atoms with van der Waals surface area (Å²) in [6.07, 6.45) is 1.71. The normalized spacial score (nSPS) is 18.9. The predicted molar refractivity (Wildman–Crippen MR) is 92.5 cm³/mol. The molecule has 0 aromatic heterocycles. The van der Waals surface area contributed by atoms with Crippen LogP contribution in [0.4, 0.5) is 0 Å². The smallest absolute Gasteiger partial charge is 0.328 e. The largest absolute Gasteiger partial charge is 0.459 e. The van der Waals surface area contributed by atoms with E-state index in [0.717, 1.165) is 24.9 Å². The van der Waals surface area contributed by atoms with E-state index in [2.05, 4.69) is 16.0 Å². The van der Waals surface area contributed by atoms with E-state index in [1.54, 1.807) is 13.8 Å². The number of amides is 2. The standard InChI is InChI=1S/C18H25N3O4/c1-12(20-17(23)15-9-6-10-19-15)16(22)21-13(2)18(24)25-11-14-7-4-3-5-8-14/h3-5,7-8,12-13,15,19H,6,9-11H2,1-2H3,(H,20,23)(H,21,22)/t12-,13-,15+/m1/s1. The highest BCUT2D eigenvalue weighted by molar-refractivity contribution is 5.91. The second-order valence-corrected chi connectivity index (χ2v) is 6.20. The zero-order valence-corrected chi connectivity index (χ0v) is 14.6. The molecule has 1 aromatic rings. The number of esters is 1. The molecule has 0 spiro atoms. The van der Waals surface area contributed by atoms with Gasteiger partial charge in [-0.3, -0.25) is 9.59 Å². The molecule has 25 heavy (non-hydrogen) atoms. The maximum Gasteiger partial charge on any atom is 0.328 e. The van der Waals surface area contributed by atoms with Crippen LogP contribution in [0, 0.1) is 0 Å². The molecule has 1 aromatic carbocycles. The number of rotatable bonds is 7. The minimum absolute atomic E-state index is 0.152. The topological polar surface area (TPSA) is 96.5 Å². The number of carbonyl (C=O) groups excluding carboxylic acids is 3. The molecular weight excluding hydrogens is 322 g/mol. The van der Waals surface area contributed by atoms with Gasteiger partial charge in [-0.2, -0.15) is 0 Å². The summed E-state index contributed by atoms with van der Waals surface area (Å²) in [5.74, 6) is -1.14. The summed E-state index contributed by atoms with van der Waals surface area (Å²) in [5, 5.41) is 8.30. The molecule has 0 radical (unpaired) electrons. The minimum atomic E-state index is -0.792. The maximum atomic E-state index is 12.1. The molecule has 1 saturated heterocycles. The zero-order valence-electron chi connectivity index (χ0n) is 14.6. The van der Waals surface area contributed by atoms with Crippen molar-refractivity contribution in [3.63, 3.8) is 0 Å². The Morgan fingerprint density at radius 1 is 1.16 bits per heavy atom. The number of benzene rings is 1. The van der Waals surface area contributed by atoms with E-state index in [0.29, 0.717) is 0 Å². The van der Waals surface area contributed by atoms with Crippen LogP contribution >= 0.6 is 0 Å². The molecule has 1 fully saturated rings. The first kappa shape index (κ1) is 18.9. The van der Waals surface area contributed by atoms with Gasteiger partial charge in [0.05, 0.1) is 6.04 Å². The second-order valence-electron chi connectivity index (χ2n) is 6.20. The average molecular weight is 347 g/mol. The molecule has 7 heteroatoms. The van der Waals surface area contributed by atoms with Crippen LogP contribution in [0.5, 0.6) is 0 Å². The number of carbonyl (C=O) groups is 3. The highest BCUT2D eigenvalue weighted by Crippen LogP contribution is 2.05. The van der Waals surface area contributed by atoms with Crippen molar-refractivity contribution in [1.29, 1.82) is 0 Å². The lowest BCUT2D eigenvalue weighted by atomic mass is 10.2. The first-order chi connectivity index (χ1) is 12.0. The first-order valence-corrected chi connectivity index (χ1v) is 8.52. The molecule has 136 valence electrons. The molecule has 3 atom stereocenters. The Morgan fingerprint density at radius 2 is 1.88 bits per heavy atom. The molecular formula is C18H25N3O4. The van der Waals surface area contributed by atoms with E-state index >= 15 is 0 Å². The van der Waals surface area contributed by atoms with Gasteiger partial charge in [0.25, 0.3) is 0 Å². The van der Waals surface area contributed by atoms with Gasteiger partial charge in [-0.05, 0) is 38.8 Å². The number of hydrogen-bond donors (Lipinski definition) is 3. The fraction of sp³-hybridized carbons (Fsp3) is 0.500. The van der Waals surface area contributed by atoms with Crippen molar-refractivity contribution in [2.45, 2.75) is 51.4 Å². The van der Waals surface area contributed by atoms with Crippen molar-refractivity contribution in [1.82, 2.24) is 16.0 Å². The Morgan fingerprint density at radius 3 is 2.52 bits per heavy atom. The Balaban J connectivity index is 1.74. The van der Waals surface area contributed by atoms with E-state index in [1.807, 2.05) is 30.3 Å². The van der Waals surface area contributed by atoms with Crippen molar-refractivity contribution in [2.75, 3.05) is 6.54 Å². The second kappa shape index (κ2) is 9.17. The molecule has 1 aliphatic heterocycles. The maximum absolute atomic E-state index is 12.1. The fourth-order valence-corrected chi connectivity index (χ4v) is 2.54. The molecule has 0 bridgehead atoms. The van der Waals surface area contributed by atoms with E-state index in [1.165, 1.54) is 0 Å². The van der Waals surface area contributed by atoms with E-state index < -0.39 is 24.0 Å². The van der Waals surface area contributed by atoms with Gasteiger partial charge in [0.2, 0.25) is 11.8 Å². The van der Waals surface area contributed by atoms with Gasteiger partial charge in [0.15, 0.2) is 0 Å². The average Bonchev–Trinajstić information content (AvgIpc) is 3.15. The predicted octanol–water partition coefficient (Wildman–Crippen LogP) is 0.491. The van der Waals surface area contributed by atoms with Crippen LogP contribution < -0.4 is 16.0 Å². The molecule has 1 heterocycles. The summed E-state index contributed by atoms with van der Waals surface area (Å²) in [6, 6.07) is 7.54. The summed E-state index contributed by atoms with van der Waals surface area (Å²) in [6.45, 7) is 4.10. The Kier molecular flexibility index (Phi) is 6.94. The van der Waals surface area contributed by atoms with E-state index in [4.69, 9.17) is 4.74 Å². The monoisotopic (exact) mass is 347 g/mol. The number of ether oxygens (including phenoxy) is 1. The third kappa shape index (κ3) is 5.86. The molecule has 0 aliphatic carbocycles. The summed E-state index contributed by atoms with van der Waals surface area (Å²) in [7, 11) is 0. The SMILES string of the molecule is C[C@@H](NC(=O)[C@@H]1CCCN1)C(=O)N[C@H](C)C(=O)OCc1ccccc1. The van der Waals surface area contributed by atoms with Gasteiger partial charge >= 0.3 is 5.97 Å². The highest BCUT2D eigenvalue weighted by Gasteiger charge is 2.26. The molecule has 1 aliphatic rings. The van der Waals surface area contributed by atoms with Crippen molar-refractivity contribution in [3.8, 4) is 0 Å². The summed E-state index contributed by atoms with van der Waals surface area (Å²) in [5.41, 5.74) is 0.874. The van der Waals surface area contributed by atoms with Crippen LogP contribution in [0.25, 0.3) is 0 Å². The van der Waals surface area contributed by atoms with Crippen molar-refractivity contribution >= 4 is 17.8 Å². The first-order valence-electron chi connectivity index (χ1n) is 8.52. The molecule has 2 rings (SSSR count). The van der Waals surface area contributed by atoms with Crippen molar-refractivity contribution in [2.24, 2.45) is 0 Å². The molecule has 3 N–H and O–H groups in total. The quantitative estimate of drug-likeness (QED) is 0.624. The third-order valence-corrected chi connectivity index (χ3v) is 4.07. The van der Waals surface area contributed by atoms with Gasteiger partial charge in [-0.25, -0.2) is 4.79 Å². The van der Waals surface area contributed by atoms with Crippen LogP contribution in [0.2, 0.25) is 0 Å². The van der Waals surface area contributed by atoms with Crippen molar-refractivity contribution in [3.05, 3.63) is 35.9 Å². The summed E-state index contributed by atoms with van der Waals surface area (Å²) < 4.78 is 5.18. The van der Waals surface area contributed by atoms with Crippen LogP contribution in [-0.4, -0.2) is 42.5 Å². The summed E-state index contributed by atoms with van der Waals surface area (Å²) >= 11 is 0. The molecule has 0 saturated carbocycles. The molecule has 7 nitrogen and oxygen atoms in total. The number of hydrogen-bond acceptors (Lipinski definition) is 5. The third-order valence-electron chi connectivity index (χ3n) is 4.07. The van der Waals surface area contributed by atoms with Gasteiger partial charge in [0, 0.05) is 0 Å². The van der Waals surface area contributed by atoms with Crippen LogP contribution in [0.3, 0.4) is 0 Å². The molecule has 2 amide bonds. The van der Waals surface area contributed by atoms with Crippen molar-refractivity contribution < 1.29 is 19.1 Å². The van der Waals surface area contributed by atoms with Gasteiger partial charge < -0.3 is 20.7 Å². The van der Waals surface area contributed by atoms with E-state index in [-0.39, 0.29) is 18.6 Å².